The molecule has 21 heavy (non-hydrogen) atoms. The molecular weight excluding hydrogens is 264 g/mol. The second kappa shape index (κ2) is 5.71. The third kappa shape index (κ3) is 2.74. The van der Waals surface area contributed by atoms with Gasteiger partial charge in [-0.25, -0.2) is 0 Å². The minimum atomic E-state index is -0.0391. The van der Waals surface area contributed by atoms with Crippen molar-refractivity contribution in [1.82, 2.24) is 9.88 Å². The van der Waals surface area contributed by atoms with Crippen LogP contribution in [-0.4, -0.2) is 22.3 Å². The molecule has 0 spiro atoms. The standard InChI is InChI=1S/C17H16N2O2/c1-2-9-19(12-15-4-3-10-21-15)17(20)14-6-5-13-7-8-18-16(13)11-14/h2-8,10-11,18H,1,9,12H2. The summed E-state index contributed by atoms with van der Waals surface area (Å²) < 4.78 is 5.32. The van der Waals surface area contributed by atoms with Crippen molar-refractivity contribution in [3.8, 4) is 0 Å². The molecule has 3 rings (SSSR count). The van der Waals surface area contributed by atoms with Gasteiger partial charge in [0.1, 0.15) is 5.76 Å². The number of hydrogen-bond donors (Lipinski definition) is 1. The zero-order valence-electron chi connectivity index (χ0n) is 11.6. The van der Waals surface area contributed by atoms with Crippen LogP contribution < -0.4 is 0 Å². The molecule has 106 valence electrons. The first kappa shape index (κ1) is 13.2. The maximum Gasteiger partial charge on any atom is 0.254 e. The Balaban J connectivity index is 1.86. The molecule has 1 amide bonds. The quantitative estimate of drug-likeness (QED) is 0.726. The number of hydrogen-bond acceptors (Lipinski definition) is 2. The molecule has 4 nitrogen and oxygen atoms in total. The van der Waals surface area contributed by atoms with Gasteiger partial charge in [0.2, 0.25) is 0 Å². The Bertz CT molecular complexity index is 756. The Hall–Kier alpha value is -2.75. The second-order valence-electron chi connectivity index (χ2n) is 4.83. The van der Waals surface area contributed by atoms with Gasteiger partial charge in [-0.05, 0) is 35.7 Å². The van der Waals surface area contributed by atoms with Gasteiger partial charge in [0, 0.05) is 23.8 Å². The molecule has 1 aromatic carbocycles. The Labute approximate surface area is 122 Å². The molecule has 0 saturated heterocycles. The highest BCUT2D eigenvalue weighted by molar-refractivity contribution is 5.97. The van der Waals surface area contributed by atoms with E-state index in [2.05, 4.69) is 11.6 Å². The second-order valence-corrected chi connectivity index (χ2v) is 4.83. The lowest BCUT2D eigenvalue weighted by Crippen LogP contribution is -2.30. The summed E-state index contributed by atoms with van der Waals surface area (Å²) in [6.07, 6.45) is 5.19. The molecule has 0 aliphatic heterocycles. The lowest BCUT2D eigenvalue weighted by Gasteiger charge is -2.20. The van der Waals surface area contributed by atoms with Gasteiger partial charge >= 0.3 is 0 Å². The molecule has 0 atom stereocenters. The van der Waals surface area contributed by atoms with Gasteiger partial charge in [0.15, 0.2) is 0 Å². The molecule has 0 saturated carbocycles. The maximum atomic E-state index is 12.6. The number of carbonyl (C=O) groups is 1. The number of aromatic amines is 1. The zero-order valence-corrected chi connectivity index (χ0v) is 11.6. The number of fused-ring (bicyclic) bond motifs is 1. The molecular formula is C17H16N2O2. The highest BCUT2D eigenvalue weighted by Gasteiger charge is 2.16. The van der Waals surface area contributed by atoms with E-state index in [4.69, 9.17) is 4.42 Å². The lowest BCUT2D eigenvalue weighted by atomic mass is 10.1. The smallest absolute Gasteiger partial charge is 0.254 e. The van der Waals surface area contributed by atoms with Crippen molar-refractivity contribution >= 4 is 16.8 Å². The van der Waals surface area contributed by atoms with E-state index in [0.29, 0.717) is 18.7 Å². The van der Waals surface area contributed by atoms with Gasteiger partial charge in [-0.15, -0.1) is 6.58 Å². The van der Waals surface area contributed by atoms with Crippen molar-refractivity contribution in [2.45, 2.75) is 6.54 Å². The SMILES string of the molecule is C=CCN(Cc1ccco1)C(=O)c1ccc2cc[nH]c2c1. The summed E-state index contributed by atoms with van der Waals surface area (Å²) in [6, 6.07) is 11.3. The summed E-state index contributed by atoms with van der Waals surface area (Å²) in [5, 5.41) is 1.09. The molecule has 0 radical (unpaired) electrons. The van der Waals surface area contributed by atoms with Crippen LogP contribution in [0.15, 0.2) is 65.9 Å². The van der Waals surface area contributed by atoms with E-state index in [0.717, 1.165) is 16.7 Å². The van der Waals surface area contributed by atoms with E-state index in [1.165, 1.54) is 0 Å². The van der Waals surface area contributed by atoms with Gasteiger partial charge in [-0.2, -0.15) is 0 Å². The van der Waals surface area contributed by atoms with Crippen LogP contribution in [-0.2, 0) is 6.54 Å². The fraction of sp³-hybridized carbons (Fsp3) is 0.118. The fourth-order valence-corrected chi connectivity index (χ4v) is 2.33. The zero-order chi connectivity index (χ0) is 14.7. The number of nitrogens with zero attached hydrogens (tertiary/aromatic N) is 1. The molecule has 0 aliphatic rings. The van der Waals surface area contributed by atoms with Crippen molar-refractivity contribution in [1.29, 1.82) is 0 Å². The van der Waals surface area contributed by atoms with E-state index >= 15 is 0 Å². The Morgan fingerprint density at radius 2 is 2.24 bits per heavy atom. The van der Waals surface area contributed by atoms with E-state index in [1.807, 2.05) is 42.6 Å². The van der Waals surface area contributed by atoms with Crippen molar-refractivity contribution in [2.24, 2.45) is 0 Å². The van der Waals surface area contributed by atoms with Gasteiger partial charge in [0.05, 0.1) is 12.8 Å². The largest absolute Gasteiger partial charge is 0.467 e. The Morgan fingerprint density at radius 3 is 3.00 bits per heavy atom. The van der Waals surface area contributed by atoms with Crippen molar-refractivity contribution in [3.05, 3.63) is 72.8 Å². The predicted octanol–water partition coefficient (Wildman–Crippen LogP) is 3.59. The summed E-state index contributed by atoms with van der Waals surface area (Å²) in [5.74, 6) is 0.717. The van der Waals surface area contributed by atoms with Crippen LogP contribution in [0, 0.1) is 0 Å². The topological polar surface area (TPSA) is 49.2 Å². The van der Waals surface area contributed by atoms with Crippen LogP contribution in [0.4, 0.5) is 0 Å². The highest BCUT2D eigenvalue weighted by atomic mass is 16.3. The number of rotatable bonds is 5. The molecule has 4 heteroatoms. The first-order valence-corrected chi connectivity index (χ1v) is 6.77. The summed E-state index contributed by atoms with van der Waals surface area (Å²) in [5.41, 5.74) is 1.61. The number of aromatic nitrogens is 1. The molecule has 1 N–H and O–H groups in total. The number of carbonyl (C=O) groups excluding carboxylic acids is 1. The van der Waals surface area contributed by atoms with Crippen LogP contribution in [0.3, 0.4) is 0 Å². The number of H-pyrrole nitrogens is 1. The minimum absolute atomic E-state index is 0.0391. The van der Waals surface area contributed by atoms with Crippen LogP contribution >= 0.6 is 0 Å². The average molecular weight is 280 g/mol. The maximum absolute atomic E-state index is 12.6. The van der Waals surface area contributed by atoms with Crippen LogP contribution in [0.5, 0.6) is 0 Å². The molecule has 2 heterocycles. The monoisotopic (exact) mass is 280 g/mol. The van der Waals surface area contributed by atoms with Gasteiger partial charge in [-0.3, -0.25) is 4.79 Å². The van der Waals surface area contributed by atoms with Crippen molar-refractivity contribution in [3.63, 3.8) is 0 Å². The summed E-state index contributed by atoms with van der Waals surface area (Å²) in [4.78, 5) is 17.5. The molecule has 0 unspecified atom stereocenters. The molecule has 0 fully saturated rings. The number of furan rings is 1. The Morgan fingerprint density at radius 1 is 1.33 bits per heavy atom. The van der Waals surface area contributed by atoms with Crippen LogP contribution in [0.2, 0.25) is 0 Å². The third-order valence-corrected chi connectivity index (χ3v) is 3.37. The number of amides is 1. The minimum Gasteiger partial charge on any atom is -0.467 e. The number of nitrogens with one attached hydrogen (secondary N) is 1. The van der Waals surface area contributed by atoms with E-state index < -0.39 is 0 Å². The van der Waals surface area contributed by atoms with Gasteiger partial charge in [0.25, 0.3) is 5.91 Å². The fourth-order valence-electron chi connectivity index (χ4n) is 2.33. The molecule has 2 aromatic heterocycles. The van der Waals surface area contributed by atoms with E-state index in [1.54, 1.807) is 17.2 Å². The predicted molar refractivity (Wildman–Crippen MR) is 81.9 cm³/mol. The molecule has 3 aromatic rings. The summed E-state index contributed by atoms with van der Waals surface area (Å²) in [7, 11) is 0. The first-order chi connectivity index (χ1) is 10.3. The van der Waals surface area contributed by atoms with E-state index in [9.17, 15) is 4.79 Å². The van der Waals surface area contributed by atoms with Crippen LogP contribution in [0.25, 0.3) is 10.9 Å². The average Bonchev–Trinajstić information content (AvgIpc) is 3.16. The normalized spacial score (nSPS) is 10.7. The molecule has 0 bridgehead atoms. The highest BCUT2D eigenvalue weighted by Crippen LogP contribution is 2.17. The third-order valence-electron chi connectivity index (χ3n) is 3.37. The van der Waals surface area contributed by atoms with Crippen LogP contribution in [0.1, 0.15) is 16.1 Å². The van der Waals surface area contributed by atoms with E-state index in [-0.39, 0.29) is 5.91 Å². The van der Waals surface area contributed by atoms with Crippen molar-refractivity contribution in [2.75, 3.05) is 6.54 Å². The summed E-state index contributed by atoms with van der Waals surface area (Å²) >= 11 is 0. The van der Waals surface area contributed by atoms with Crippen molar-refractivity contribution < 1.29 is 9.21 Å². The van der Waals surface area contributed by atoms with Gasteiger partial charge < -0.3 is 14.3 Å². The first-order valence-electron chi connectivity index (χ1n) is 6.77. The van der Waals surface area contributed by atoms with Gasteiger partial charge in [-0.1, -0.05) is 12.1 Å². The lowest BCUT2D eigenvalue weighted by molar-refractivity contribution is 0.0752. The summed E-state index contributed by atoms with van der Waals surface area (Å²) in [6.45, 7) is 4.62. The molecule has 0 aliphatic carbocycles. The number of benzene rings is 1. The Kier molecular flexibility index (Phi) is 3.60.